The van der Waals surface area contributed by atoms with Gasteiger partial charge < -0.3 is 10.1 Å². The summed E-state index contributed by atoms with van der Waals surface area (Å²) in [6.45, 7) is 0. The molecule has 0 aliphatic carbocycles. The summed E-state index contributed by atoms with van der Waals surface area (Å²) in [6.07, 6.45) is 2.23. The van der Waals surface area contributed by atoms with Crippen molar-refractivity contribution >= 4 is 46.8 Å². The van der Waals surface area contributed by atoms with Crippen LogP contribution in [0.5, 0.6) is 5.75 Å². The number of halogens is 1. The number of ether oxygens (including phenoxy) is 1. The van der Waals surface area contributed by atoms with Crippen molar-refractivity contribution in [2.45, 2.75) is 12.5 Å². The Hall–Kier alpha value is -2.51. The number of nitrogens with one attached hydrogen (secondary N) is 1. The van der Waals surface area contributed by atoms with Gasteiger partial charge in [-0.1, -0.05) is 23.7 Å². The number of hydrogen-bond acceptors (Lipinski definition) is 5. The molecule has 0 saturated carbocycles. The Morgan fingerprint density at radius 3 is 2.39 bits per heavy atom. The van der Waals surface area contributed by atoms with Crippen LogP contribution in [0.4, 0.5) is 5.69 Å². The van der Waals surface area contributed by atoms with E-state index in [-0.39, 0.29) is 0 Å². The van der Waals surface area contributed by atoms with Crippen molar-refractivity contribution in [1.29, 1.82) is 0 Å². The molecular formula is C20H19ClN2O4S. The Morgan fingerprint density at radius 2 is 1.82 bits per heavy atom. The van der Waals surface area contributed by atoms with E-state index < -0.39 is 23.8 Å². The third-order valence-electron chi connectivity index (χ3n) is 4.45. The standard InChI is InChI=1S/C20H19ClN2O4S/c1-27-17-8-7-12(21)11-15(17)22-18(24)16(9-10-28-2)23-19(25)13-5-3-4-6-14(13)20(23)26/h3-8,11,16H,9-10H2,1-2H3,(H,22,24)/t16-/m0/s1. The Bertz CT molecular complexity index is 899. The molecule has 0 fully saturated rings. The quantitative estimate of drug-likeness (QED) is 0.694. The van der Waals surface area contributed by atoms with Crippen molar-refractivity contribution in [3.05, 3.63) is 58.6 Å². The first kappa shape index (κ1) is 20.2. The Morgan fingerprint density at radius 1 is 1.18 bits per heavy atom. The molecule has 0 saturated heterocycles. The maximum Gasteiger partial charge on any atom is 0.262 e. The van der Waals surface area contributed by atoms with Crippen LogP contribution in [0.3, 0.4) is 0 Å². The highest BCUT2D eigenvalue weighted by Crippen LogP contribution is 2.30. The zero-order valence-corrected chi connectivity index (χ0v) is 17.0. The highest BCUT2D eigenvalue weighted by atomic mass is 35.5. The minimum atomic E-state index is -0.941. The minimum absolute atomic E-state index is 0.315. The fraction of sp³-hybridized carbons (Fsp3) is 0.250. The van der Waals surface area contributed by atoms with Crippen LogP contribution in [0.15, 0.2) is 42.5 Å². The molecule has 2 aromatic rings. The smallest absolute Gasteiger partial charge is 0.262 e. The third kappa shape index (κ3) is 3.86. The molecule has 0 radical (unpaired) electrons. The second-order valence-electron chi connectivity index (χ2n) is 6.16. The highest BCUT2D eigenvalue weighted by molar-refractivity contribution is 7.98. The zero-order chi connectivity index (χ0) is 20.3. The number of rotatable bonds is 7. The normalized spacial score (nSPS) is 14.0. The summed E-state index contributed by atoms with van der Waals surface area (Å²) in [5, 5.41) is 3.18. The summed E-state index contributed by atoms with van der Waals surface area (Å²) in [7, 11) is 1.48. The first-order chi connectivity index (χ1) is 13.5. The number of amides is 3. The molecule has 2 aromatic carbocycles. The van der Waals surface area contributed by atoms with Crippen LogP contribution in [0, 0.1) is 0 Å². The molecule has 1 aliphatic heterocycles. The molecule has 0 aromatic heterocycles. The molecule has 28 heavy (non-hydrogen) atoms. The van der Waals surface area contributed by atoms with E-state index in [0.717, 1.165) is 4.90 Å². The second-order valence-corrected chi connectivity index (χ2v) is 7.58. The minimum Gasteiger partial charge on any atom is -0.495 e. The fourth-order valence-corrected chi connectivity index (χ4v) is 3.72. The van der Waals surface area contributed by atoms with Gasteiger partial charge in [-0.3, -0.25) is 19.3 Å². The number of benzene rings is 2. The molecule has 3 rings (SSSR count). The van der Waals surface area contributed by atoms with Crippen LogP contribution in [0.25, 0.3) is 0 Å². The van der Waals surface area contributed by atoms with E-state index in [1.54, 1.807) is 42.5 Å². The molecular weight excluding hydrogens is 400 g/mol. The summed E-state index contributed by atoms with van der Waals surface area (Å²) >= 11 is 7.56. The topological polar surface area (TPSA) is 75.7 Å². The van der Waals surface area contributed by atoms with Gasteiger partial charge >= 0.3 is 0 Å². The number of methoxy groups -OCH3 is 1. The Labute approximate surface area is 172 Å². The molecule has 6 nitrogen and oxygen atoms in total. The van der Waals surface area contributed by atoms with Crippen LogP contribution >= 0.6 is 23.4 Å². The van der Waals surface area contributed by atoms with Crippen LogP contribution in [-0.2, 0) is 4.79 Å². The summed E-state index contributed by atoms with van der Waals surface area (Å²) in [5.74, 6) is -0.342. The SMILES string of the molecule is COc1ccc(Cl)cc1NC(=O)[C@H](CCSC)N1C(=O)c2ccccc2C1=O. The van der Waals surface area contributed by atoms with E-state index in [1.165, 1.54) is 18.9 Å². The summed E-state index contributed by atoms with van der Waals surface area (Å²) in [5.41, 5.74) is 1.01. The molecule has 1 N–H and O–H groups in total. The number of fused-ring (bicyclic) bond motifs is 1. The number of carbonyl (C=O) groups excluding carboxylic acids is 3. The second kappa shape index (κ2) is 8.67. The van der Waals surface area contributed by atoms with Crippen molar-refractivity contribution < 1.29 is 19.1 Å². The van der Waals surface area contributed by atoms with Gasteiger partial charge in [0, 0.05) is 5.02 Å². The van der Waals surface area contributed by atoms with Crippen LogP contribution in [-0.4, -0.2) is 47.8 Å². The molecule has 1 aliphatic rings. The van der Waals surface area contributed by atoms with E-state index >= 15 is 0 Å². The van der Waals surface area contributed by atoms with Gasteiger partial charge in [-0.2, -0.15) is 11.8 Å². The van der Waals surface area contributed by atoms with Gasteiger partial charge in [0.25, 0.3) is 11.8 Å². The molecule has 0 bridgehead atoms. The third-order valence-corrected chi connectivity index (χ3v) is 5.33. The van der Waals surface area contributed by atoms with Gasteiger partial charge in [0.15, 0.2) is 0 Å². The number of carbonyl (C=O) groups is 3. The van der Waals surface area contributed by atoms with Gasteiger partial charge in [0.2, 0.25) is 5.91 Å². The number of imide groups is 1. The molecule has 1 heterocycles. The van der Waals surface area contributed by atoms with Crippen LogP contribution in [0.2, 0.25) is 5.02 Å². The summed E-state index contributed by atoms with van der Waals surface area (Å²) < 4.78 is 5.26. The first-order valence-electron chi connectivity index (χ1n) is 8.58. The molecule has 0 spiro atoms. The van der Waals surface area contributed by atoms with E-state index in [1.807, 2.05) is 6.26 Å². The first-order valence-corrected chi connectivity index (χ1v) is 10.4. The zero-order valence-electron chi connectivity index (χ0n) is 15.4. The largest absolute Gasteiger partial charge is 0.495 e. The van der Waals surface area contributed by atoms with Crippen molar-refractivity contribution in [2.75, 3.05) is 24.4 Å². The van der Waals surface area contributed by atoms with Gasteiger partial charge in [-0.25, -0.2) is 0 Å². The maximum atomic E-state index is 13.1. The molecule has 0 unspecified atom stereocenters. The fourth-order valence-electron chi connectivity index (χ4n) is 3.09. The number of thioether (sulfide) groups is 1. The van der Waals surface area contributed by atoms with E-state index in [9.17, 15) is 14.4 Å². The number of nitrogens with zero attached hydrogens (tertiary/aromatic N) is 1. The predicted octanol–water partition coefficient (Wildman–Crippen LogP) is 3.71. The van der Waals surface area contributed by atoms with Gasteiger partial charge in [0.05, 0.1) is 23.9 Å². The maximum absolute atomic E-state index is 13.1. The lowest BCUT2D eigenvalue weighted by Crippen LogP contribution is -2.47. The monoisotopic (exact) mass is 418 g/mol. The average Bonchev–Trinajstić information content (AvgIpc) is 2.94. The molecule has 8 heteroatoms. The summed E-state index contributed by atoms with van der Waals surface area (Å²) in [4.78, 5) is 39.7. The van der Waals surface area contributed by atoms with Gasteiger partial charge in [-0.15, -0.1) is 0 Å². The average molecular weight is 419 g/mol. The number of anilines is 1. The number of hydrogen-bond donors (Lipinski definition) is 1. The van der Waals surface area contributed by atoms with Gasteiger partial charge in [-0.05, 0) is 48.8 Å². The lowest BCUT2D eigenvalue weighted by molar-refractivity contribution is -0.120. The predicted molar refractivity (Wildman–Crippen MR) is 110 cm³/mol. The summed E-state index contributed by atoms with van der Waals surface area (Å²) in [6, 6.07) is 10.5. The van der Waals surface area contributed by atoms with Crippen molar-refractivity contribution in [3.63, 3.8) is 0 Å². The van der Waals surface area contributed by atoms with Gasteiger partial charge in [0.1, 0.15) is 11.8 Å². The van der Waals surface area contributed by atoms with E-state index in [4.69, 9.17) is 16.3 Å². The van der Waals surface area contributed by atoms with Crippen LogP contribution in [0.1, 0.15) is 27.1 Å². The van der Waals surface area contributed by atoms with E-state index in [2.05, 4.69) is 5.32 Å². The lowest BCUT2D eigenvalue weighted by atomic mass is 10.1. The van der Waals surface area contributed by atoms with Crippen LogP contribution < -0.4 is 10.1 Å². The van der Waals surface area contributed by atoms with Crippen molar-refractivity contribution in [3.8, 4) is 5.75 Å². The Kier molecular flexibility index (Phi) is 6.26. The lowest BCUT2D eigenvalue weighted by Gasteiger charge is -2.25. The van der Waals surface area contributed by atoms with Crippen molar-refractivity contribution in [2.24, 2.45) is 0 Å². The molecule has 146 valence electrons. The van der Waals surface area contributed by atoms with Crippen molar-refractivity contribution in [1.82, 2.24) is 4.90 Å². The highest BCUT2D eigenvalue weighted by Gasteiger charge is 2.42. The molecule has 3 amide bonds. The molecule has 1 atom stereocenters. The van der Waals surface area contributed by atoms with E-state index in [0.29, 0.717) is 39.8 Å². The Balaban J connectivity index is 1.91.